The van der Waals surface area contributed by atoms with Crippen LogP contribution in [0.25, 0.3) is 0 Å². The second-order valence-corrected chi connectivity index (χ2v) is 7.07. The third kappa shape index (κ3) is 2.77. The lowest BCUT2D eigenvalue weighted by Gasteiger charge is -2.57. The van der Waals surface area contributed by atoms with Gasteiger partial charge in [0.05, 0.1) is 6.10 Å². The highest BCUT2D eigenvalue weighted by atomic mass is 16.5. The molecular formula is C18H28N2O2. The van der Waals surface area contributed by atoms with Gasteiger partial charge in [0, 0.05) is 24.1 Å². The number of hydrogen-bond donors (Lipinski definition) is 2. The summed E-state index contributed by atoms with van der Waals surface area (Å²) in [4.78, 5) is 12.6. The molecule has 1 aliphatic carbocycles. The molecule has 1 amide bonds. The minimum absolute atomic E-state index is 0.0385. The van der Waals surface area contributed by atoms with Gasteiger partial charge >= 0.3 is 0 Å². The van der Waals surface area contributed by atoms with Gasteiger partial charge in [0.25, 0.3) is 0 Å². The molecule has 0 heterocycles. The van der Waals surface area contributed by atoms with E-state index in [2.05, 4.69) is 19.2 Å². The van der Waals surface area contributed by atoms with Crippen LogP contribution in [0.1, 0.15) is 52.5 Å². The normalized spacial score (nSPS) is 26.6. The lowest BCUT2D eigenvalue weighted by atomic mass is 9.54. The van der Waals surface area contributed by atoms with Crippen molar-refractivity contribution in [3.8, 4) is 0 Å². The Morgan fingerprint density at radius 1 is 1.36 bits per heavy atom. The number of hydrogen-bond acceptors (Lipinski definition) is 3. The minimum Gasteiger partial charge on any atom is -0.378 e. The van der Waals surface area contributed by atoms with Gasteiger partial charge in [0.2, 0.25) is 5.91 Å². The lowest BCUT2D eigenvalue weighted by molar-refractivity contribution is -0.166. The van der Waals surface area contributed by atoms with Crippen LogP contribution in [0.5, 0.6) is 0 Å². The Morgan fingerprint density at radius 3 is 2.41 bits per heavy atom. The number of amides is 1. The number of carbonyl (C=O) groups excluding carboxylic acids is 1. The molecular weight excluding hydrogens is 276 g/mol. The molecule has 0 bridgehead atoms. The Kier molecular flexibility index (Phi) is 4.64. The summed E-state index contributed by atoms with van der Waals surface area (Å²) in [5.74, 6) is 0.342. The quantitative estimate of drug-likeness (QED) is 0.877. The summed E-state index contributed by atoms with van der Waals surface area (Å²) in [5.41, 5.74) is 7.16. The van der Waals surface area contributed by atoms with Gasteiger partial charge in [-0.3, -0.25) is 4.79 Å². The third-order valence-electron chi connectivity index (χ3n) is 5.07. The number of nitrogens with two attached hydrogens (primary N) is 1. The van der Waals surface area contributed by atoms with E-state index in [-0.39, 0.29) is 17.4 Å². The maximum Gasteiger partial charge on any atom is 0.245 e. The minimum atomic E-state index is -0.885. The van der Waals surface area contributed by atoms with Crippen LogP contribution in [-0.4, -0.2) is 24.2 Å². The zero-order valence-electron chi connectivity index (χ0n) is 14.3. The molecule has 3 N–H and O–H groups in total. The van der Waals surface area contributed by atoms with Crippen molar-refractivity contribution < 1.29 is 9.53 Å². The molecule has 2 rings (SSSR count). The van der Waals surface area contributed by atoms with Crippen LogP contribution >= 0.6 is 0 Å². The van der Waals surface area contributed by atoms with Crippen molar-refractivity contribution in [3.05, 3.63) is 29.8 Å². The van der Waals surface area contributed by atoms with E-state index in [1.165, 1.54) is 5.56 Å². The van der Waals surface area contributed by atoms with Gasteiger partial charge in [0.1, 0.15) is 5.54 Å². The largest absolute Gasteiger partial charge is 0.378 e. The van der Waals surface area contributed by atoms with Crippen LogP contribution in [0.3, 0.4) is 0 Å². The first-order chi connectivity index (χ1) is 10.2. The summed E-state index contributed by atoms with van der Waals surface area (Å²) in [7, 11) is 0. The Balaban J connectivity index is 2.06. The number of carbonyl (C=O) groups is 1. The van der Waals surface area contributed by atoms with Crippen molar-refractivity contribution in [1.82, 2.24) is 0 Å². The van der Waals surface area contributed by atoms with Crippen LogP contribution < -0.4 is 11.1 Å². The van der Waals surface area contributed by atoms with Gasteiger partial charge in [-0.25, -0.2) is 0 Å². The van der Waals surface area contributed by atoms with Crippen molar-refractivity contribution in [2.45, 2.75) is 58.6 Å². The highest BCUT2D eigenvalue weighted by Crippen LogP contribution is 2.50. The highest BCUT2D eigenvalue weighted by Gasteiger charge is 2.62. The van der Waals surface area contributed by atoms with Gasteiger partial charge in [-0.1, -0.05) is 39.8 Å². The van der Waals surface area contributed by atoms with Crippen molar-refractivity contribution in [1.29, 1.82) is 0 Å². The van der Waals surface area contributed by atoms with Gasteiger partial charge in [-0.15, -0.1) is 0 Å². The Morgan fingerprint density at radius 2 is 1.95 bits per heavy atom. The summed E-state index contributed by atoms with van der Waals surface area (Å²) in [5, 5.41) is 2.95. The first-order valence-electron chi connectivity index (χ1n) is 8.04. The van der Waals surface area contributed by atoms with E-state index in [0.29, 0.717) is 18.9 Å². The first kappa shape index (κ1) is 17.0. The van der Waals surface area contributed by atoms with Crippen LogP contribution in [0.2, 0.25) is 0 Å². The second-order valence-electron chi connectivity index (χ2n) is 7.07. The topological polar surface area (TPSA) is 64.3 Å². The maximum atomic E-state index is 12.6. The van der Waals surface area contributed by atoms with E-state index in [1.807, 2.05) is 45.0 Å². The predicted octanol–water partition coefficient (Wildman–Crippen LogP) is 3.28. The molecule has 4 heteroatoms. The van der Waals surface area contributed by atoms with Crippen LogP contribution in [0.15, 0.2) is 24.3 Å². The van der Waals surface area contributed by atoms with Crippen molar-refractivity contribution >= 4 is 11.6 Å². The SMILES string of the molecule is CCOC1CC(N)(C(=O)Nc2ccc(C(C)C)cc2)C1(C)C. The predicted molar refractivity (Wildman–Crippen MR) is 89.9 cm³/mol. The van der Waals surface area contributed by atoms with Gasteiger partial charge in [0.15, 0.2) is 0 Å². The van der Waals surface area contributed by atoms with E-state index in [0.717, 1.165) is 5.69 Å². The van der Waals surface area contributed by atoms with Gasteiger partial charge in [-0.2, -0.15) is 0 Å². The summed E-state index contributed by atoms with van der Waals surface area (Å²) >= 11 is 0. The number of anilines is 1. The highest BCUT2D eigenvalue weighted by molar-refractivity contribution is 5.99. The molecule has 4 nitrogen and oxygen atoms in total. The molecule has 1 aliphatic rings. The van der Waals surface area contributed by atoms with E-state index < -0.39 is 5.54 Å². The average molecular weight is 304 g/mol. The lowest BCUT2D eigenvalue weighted by Crippen LogP contribution is -2.74. The average Bonchev–Trinajstić information content (AvgIpc) is 2.47. The fourth-order valence-corrected chi connectivity index (χ4v) is 3.01. The maximum absolute atomic E-state index is 12.6. The molecule has 0 spiro atoms. The van der Waals surface area contributed by atoms with Crippen molar-refractivity contribution in [2.24, 2.45) is 11.1 Å². The molecule has 0 radical (unpaired) electrons. The zero-order chi connectivity index (χ0) is 16.5. The monoisotopic (exact) mass is 304 g/mol. The smallest absolute Gasteiger partial charge is 0.245 e. The summed E-state index contributed by atoms with van der Waals surface area (Å²) in [6, 6.07) is 7.95. The van der Waals surface area contributed by atoms with Crippen molar-refractivity contribution in [3.63, 3.8) is 0 Å². The van der Waals surface area contributed by atoms with Crippen LogP contribution in [-0.2, 0) is 9.53 Å². The Labute approximate surface area is 133 Å². The molecule has 1 aromatic carbocycles. The fraction of sp³-hybridized carbons (Fsp3) is 0.611. The second kappa shape index (κ2) is 6.01. The molecule has 0 aliphatic heterocycles. The van der Waals surface area contributed by atoms with Crippen molar-refractivity contribution in [2.75, 3.05) is 11.9 Å². The molecule has 1 aromatic rings. The molecule has 2 atom stereocenters. The Hall–Kier alpha value is -1.39. The number of nitrogens with one attached hydrogen (secondary N) is 1. The summed E-state index contributed by atoms with van der Waals surface area (Å²) in [6.07, 6.45) is 0.598. The van der Waals surface area contributed by atoms with Crippen LogP contribution in [0, 0.1) is 5.41 Å². The summed E-state index contributed by atoms with van der Waals surface area (Å²) in [6.45, 7) is 10.9. The standard InChI is InChI=1S/C18H28N2O2/c1-6-22-15-11-18(19,17(15,4)5)16(21)20-14-9-7-13(8-10-14)12(2)3/h7-10,12,15H,6,11,19H2,1-5H3,(H,20,21). The van der Waals surface area contributed by atoms with E-state index >= 15 is 0 Å². The zero-order valence-corrected chi connectivity index (χ0v) is 14.3. The third-order valence-corrected chi connectivity index (χ3v) is 5.07. The molecule has 22 heavy (non-hydrogen) atoms. The van der Waals surface area contributed by atoms with Crippen LogP contribution in [0.4, 0.5) is 5.69 Å². The summed E-state index contributed by atoms with van der Waals surface area (Å²) < 4.78 is 5.67. The Bertz CT molecular complexity index is 537. The van der Waals surface area contributed by atoms with E-state index in [4.69, 9.17) is 10.5 Å². The van der Waals surface area contributed by atoms with Gasteiger partial charge in [-0.05, 0) is 30.5 Å². The molecule has 0 aromatic heterocycles. The van der Waals surface area contributed by atoms with E-state index in [9.17, 15) is 4.79 Å². The molecule has 1 saturated carbocycles. The fourth-order valence-electron chi connectivity index (χ4n) is 3.01. The number of rotatable bonds is 5. The molecule has 2 unspecified atom stereocenters. The number of ether oxygens (including phenoxy) is 1. The molecule has 1 fully saturated rings. The molecule has 0 saturated heterocycles. The van der Waals surface area contributed by atoms with Gasteiger partial charge < -0.3 is 15.8 Å². The molecule has 122 valence electrons. The van der Waals surface area contributed by atoms with E-state index in [1.54, 1.807) is 0 Å². The number of benzene rings is 1. The first-order valence-corrected chi connectivity index (χ1v) is 8.04.